The highest BCUT2D eigenvalue weighted by molar-refractivity contribution is 6.00. The SMILES string of the molecule is COc1ccc(Oc2ccc(C(F)(F)F)cn2)cc1NC(=O)C1CNC(=O)N1C1CC1. The average molecular weight is 436 g/mol. The van der Waals surface area contributed by atoms with E-state index in [4.69, 9.17) is 9.47 Å². The number of halogens is 3. The molecule has 1 atom stereocenters. The molecule has 3 amide bonds. The van der Waals surface area contributed by atoms with Crippen molar-refractivity contribution in [3.8, 4) is 17.4 Å². The zero-order valence-electron chi connectivity index (χ0n) is 16.4. The van der Waals surface area contributed by atoms with Gasteiger partial charge in [0.2, 0.25) is 11.8 Å². The minimum absolute atomic E-state index is 0.0408. The Morgan fingerprint density at radius 2 is 2.03 bits per heavy atom. The van der Waals surface area contributed by atoms with E-state index in [-0.39, 0.29) is 36.2 Å². The molecule has 2 aliphatic rings. The van der Waals surface area contributed by atoms with Crippen LogP contribution in [0.1, 0.15) is 18.4 Å². The molecule has 2 fully saturated rings. The molecule has 1 saturated heterocycles. The zero-order valence-corrected chi connectivity index (χ0v) is 16.4. The first-order chi connectivity index (χ1) is 14.8. The molecule has 2 N–H and O–H groups in total. The van der Waals surface area contributed by atoms with Crippen molar-refractivity contribution in [1.82, 2.24) is 15.2 Å². The number of carbonyl (C=O) groups is 2. The van der Waals surface area contributed by atoms with Crippen LogP contribution in [0.3, 0.4) is 0 Å². The third-order valence-corrected chi connectivity index (χ3v) is 4.97. The van der Waals surface area contributed by atoms with E-state index in [9.17, 15) is 22.8 Å². The Morgan fingerprint density at radius 3 is 2.65 bits per heavy atom. The summed E-state index contributed by atoms with van der Waals surface area (Å²) >= 11 is 0. The van der Waals surface area contributed by atoms with Gasteiger partial charge in [-0.2, -0.15) is 13.2 Å². The topological polar surface area (TPSA) is 92.8 Å². The summed E-state index contributed by atoms with van der Waals surface area (Å²) in [6, 6.07) is 5.68. The minimum Gasteiger partial charge on any atom is -0.495 e. The van der Waals surface area contributed by atoms with E-state index in [0.29, 0.717) is 17.6 Å². The first-order valence-electron chi connectivity index (χ1n) is 9.52. The van der Waals surface area contributed by atoms with Crippen LogP contribution in [0.25, 0.3) is 0 Å². The number of pyridine rings is 1. The predicted octanol–water partition coefficient (Wildman–Crippen LogP) is 3.40. The number of urea groups is 1. The lowest BCUT2D eigenvalue weighted by atomic mass is 10.2. The fourth-order valence-electron chi connectivity index (χ4n) is 3.30. The van der Waals surface area contributed by atoms with Gasteiger partial charge in [-0.15, -0.1) is 0 Å². The van der Waals surface area contributed by atoms with Gasteiger partial charge in [0, 0.05) is 30.9 Å². The van der Waals surface area contributed by atoms with Crippen LogP contribution in [0.4, 0.5) is 23.7 Å². The van der Waals surface area contributed by atoms with E-state index < -0.39 is 17.8 Å². The number of carbonyl (C=O) groups excluding carboxylic acids is 2. The molecule has 8 nitrogen and oxygen atoms in total. The van der Waals surface area contributed by atoms with Crippen LogP contribution in [0.5, 0.6) is 17.4 Å². The van der Waals surface area contributed by atoms with E-state index in [1.165, 1.54) is 19.2 Å². The van der Waals surface area contributed by atoms with Gasteiger partial charge in [0.1, 0.15) is 17.5 Å². The van der Waals surface area contributed by atoms with Gasteiger partial charge in [0.25, 0.3) is 0 Å². The smallest absolute Gasteiger partial charge is 0.417 e. The molecular formula is C20H19F3N4O4. The van der Waals surface area contributed by atoms with Crippen molar-refractivity contribution in [3.05, 3.63) is 42.1 Å². The lowest BCUT2D eigenvalue weighted by molar-refractivity contribution is -0.137. The number of anilines is 1. The molecule has 1 saturated carbocycles. The third-order valence-electron chi connectivity index (χ3n) is 4.97. The summed E-state index contributed by atoms with van der Waals surface area (Å²) in [5.41, 5.74) is -0.588. The van der Waals surface area contributed by atoms with E-state index in [1.807, 2.05) is 0 Å². The van der Waals surface area contributed by atoms with Gasteiger partial charge >= 0.3 is 12.2 Å². The van der Waals surface area contributed by atoms with Crippen LogP contribution in [-0.4, -0.2) is 47.6 Å². The predicted molar refractivity (Wildman–Crippen MR) is 103 cm³/mol. The highest BCUT2D eigenvalue weighted by atomic mass is 19.4. The molecule has 1 unspecified atom stereocenters. The molecule has 1 aromatic heterocycles. The first kappa shape index (κ1) is 20.8. The monoisotopic (exact) mass is 436 g/mol. The van der Waals surface area contributed by atoms with Gasteiger partial charge in [0.05, 0.1) is 18.4 Å². The standard InChI is InChI=1S/C20H19F3N4O4/c1-30-16-6-5-13(31-17-7-2-11(9-24-17)20(21,22)23)8-14(16)26-18(28)15-10-25-19(29)27(15)12-3-4-12/h2,5-9,12,15H,3-4,10H2,1H3,(H,25,29)(H,26,28). The molecular weight excluding hydrogens is 417 g/mol. The van der Waals surface area contributed by atoms with Gasteiger partial charge in [-0.25, -0.2) is 9.78 Å². The summed E-state index contributed by atoms with van der Waals surface area (Å²) in [6.07, 6.45) is -2.08. The van der Waals surface area contributed by atoms with Crippen molar-refractivity contribution in [2.24, 2.45) is 0 Å². The Bertz CT molecular complexity index is 993. The van der Waals surface area contributed by atoms with Crippen LogP contribution in [0, 0.1) is 0 Å². The van der Waals surface area contributed by atoms with Gasteiger partial charge in [0.15, 0.2) is 0 Å². The Hall–Kier alpha value is -3.50. The molecule has 2 aromatic rings. The molecule has 2 heterocycles. The Labute approximate surface area is 175 Å². The normalized spacial score (nSPS) is 18.5. The van der Waals surface area contributed by atoms with Gasteiger partial charge in [-0.1, -0.05) is 0 Å². The second-order valence-corrected chi connectivity index (χ2v) is 7.18. The summed E-state index contributed by atoms with van der Waals surface area (Å²) in [5.74, 6) is 0.175. The molecule has 1 aliphatic heterocycles. The number of ether oxygens (including phenoxy) is 2. The van der Waals surface area contributed by atoms with Crippen molar-refractivity contribution in [1.29, 1.82) is 0 Å². The highest BCUT2D eigenvalue weighted by Crippen LogP contribution is 2.34. The van der Waals surface area contributed by atoms with E-state index in [2.05, 4.69) is 15.6 Å². The summed E-state index contributed by atoms with van der Waals surface area (Å²) in [5, 5.41) is 5.42. The van der Waals surface area contributed by atoms with Crippen LogP contribution in [0.15, 0.2) is 36.5 Å². The maximum Gasteiger partial charge on any atom is 0.417 e. The number of alkyl halides is 3. The van der Waals surface area contributed by atoms with Crippen molar-refractivity contribution < 1.29 is 32.2 Å². The van der Waals surface area contributed by atoms with E-state index in [0.717, 1.165) is 25.0 Å². The number of methoxy groups -OCH3 is 1. The molecule has 1 aliphatic carbocycles. The average Bonchev–Trinajstić information content (AvgIpc) is 3.49. The van der Waals surface area contributed by atoms with Gasteiger partial charge in [-0.3, -0.25) is 4.79 Å². The van der Waals surface area contributed by atoms with Gasteiger partial charge in [-0.05, 0) is 31.0 Å². The van der Waals surface area contributed by atoms with Crippen LogP contribution >= 0.6 is 0 Å². The fraction of sp³-hybridized carbons (Fsp3) is 0.350. The number of nitrogens with zero attached hydrogens (tertiary/aromatic N) is 2. The number of nitrogens with one attached hydrogen (secondary N) is 2. The van der Waals surface area contributed by atoms with Crippen molar-refractivity contribution in [2.75, 3.05) is 19.0 Å². The Balaban J connectivity index is 1.50. The second kappa shape index (κ2) is 7.97. The first-order valence-corrected chi connectivity index (χ1v) is 9.52. The number of rotatable bonds is 6. The third kappa shape index (κ3) is 4.49. The summed E-state index contributed by atoms with van der Waals surface area (Å²) < 4.78 is 48.8. The van der Waals surface area contributed by atoms with Crippen LogP contribution < -0.4 is 20.1 Å². The minimum atomic E-state index is -4.49. The maximum absolute atomic E-state index is 12.8. The van der Waals surface area contributed by atoms with Crippen molar-refractivity contribution >= 4 is 17.6 Å². The molecule has 0 spiro atoms. The van der Waals surface area contributed by atoms with E-state index in [1.54, 1.807) is 11.0 Å². The van der Waals surface area contributed by atoms with Crippen molar-refractivity contribution in [2.45, 2.75) is 31.1 Å². The summed E-state index contributed by atoms with van der Waals surface area (Å²) in [7, 11) is 1.43. The van der Waals surface area contributed by atoms with Crippen molar-refractivity contribution in [3.63, 3.8) is 0 Å². The summed E-state index contributed by atoms with van der Waals surface area (Å²) in [4.78, 5) is 30.0. The molecule has 11 heteroatoms. The van der Waals surface area contributed by atoms with Crippen LogP contribution in [-0.2, 0) is 11.0 Å². The zero-order chi connectivity index (χ0) is 22.2. The molecule has 31 heavy (non-hydrogen) atoms. The molecule has 164 valence electrons. The fourth-order valence-corrected chi connectivity index (χ4v) is 3.30. The molecule has 4 rings (SSSR count). The number of benzene rings is 1. The lowest BCUT2D eigenvalue weighted by Gasteiger charge is -2.22. The molecule has 1 aromatic carbocycles. The molecule has 0 radical (unpaired) electrons. The molecule has 0 bridgehead atoms. The highest BCUT2D eigenvalue weighted by Gasteiger charge is 2.44. The Morgan fingerprint density at radius 1 is 1.26 bits per heavy atom. The summed E-state index contributed by atoms with van der Waals surface area (Å²) in [6.45, 7) is 0.204. The number of aromatic nitrogens is 1. The second-order valence-electron chi connectivity index (χ2n) is 7.18. The number of hydrogen-bond acceptors (Lipinski definition) is 5. The quantitative estimate of drug-likeness (QED) is 0.724. The van der Waals surface area contributed by atoms with Crippen LogP contribution in [0.2, 0.25) is 0 Å². The Kier molecular flexibility index (Phi) is 5.34. The lowest BCUT2D eigenvalue weighted by Crippen LogP contribution is -2.43. The van der Waals surface area contributed by atoms with E-state index >= 15 is 0 Å². The maximum atomic E-state index is 12.8. The van der Waals surface area contributed by atoms with Gasteiger partial charge < -0.3 is 25.0 Å². The number of amides is 3. The largest absolute Gasteiger partial charge is 0.495 e. The number of hydrogen-bond donors (Lipinski definition) is 2.